The van der Waals surface area contributed by atoms with Crippen molar-refractivity contribution in [2.45, 2.75) is 19.5 Å². The van der Waals surface area contributed by atoms with Crippen LogP contribution in [0.2, 0.25) is 0 Å². The van der Waals surface area contributed by atoms with Crippen LogP contribution in [0.1, 0.15) is 12.2 Å². The monoisotopic (exact) mass is 341 g/mol. The van der Waals surface area contributed by atoms with E-state index in [9.17, 15) is 13.2 Å². The molecule has 0 saturated carbocycles. The highest BCUT2D eigenvalue weighted by atomic mass is 19.4. The van der Waals surface area contributed by atoms with Crippen LogP contribution in [0.5, 0.6) is 0 Å². The Balaban J connectivity index is 1.60. The average molecular weight is 341 g/mol. The Kier molecular flexibility index (Phi) is 4.70. The Morgan fingerprint density at radius 3 is 2.96 bits per heavy atom. The van der Waals surface area contributed by atoms with E-state index in [1.54, 1.807) is 19.2 Å². The molecule has 0 unspecified atom stereocenters. The fourth-order valence-electron chi connectivity index (χ4n) is 2.84. The molecule has 0 aromatic carbocycles. The summed E-state index contributed by atoms with van der Waals surface area (Å²) in [6.45, 7) is 2.31. The SMILES string of the molecule is Cc1noc(-c2cccnc2NC[C@@H]2CCN(CC(F)(F)F)C2)n1. The minimum absolute atomic E-state index is 0.145. The Hall–Kier alpha value is -2.16. The molecule has 3 rings (SSSR count). The van der Waals surface area contributed by atoms with Gasteiger partial charge in [-0.2, -0.15) is 18.2 Å². The van der Waals surface area contributed by atoms with Crippen LogP contribution in [0, 0.1) is 12.8 Å². The summed E-state index contributed by atoms with van der Waals surface area (Å²) in [5, 5.41) is 6.96. The molecule has 3 heterocycles. The first-order valence-electron chi connectivity index (χ1n) is 7.69. The Bertz CT molecular complexity index is 688. The van der Waals surface area contributed by atoms with Crippen LogP contribution in [-0.2, 0) is 0 Å². The molecule has 0 radical (unpaired) electrons. The third-order valence-electron chi connectivity index (χ3n) is 3.90. The predicted molar refractivity (Wildman–Crippen MR) is 81.4 cm³/mol. The zero-order valence-electron chi connectivity index (χ0n) is 13.2. The molecule has 1 atom stereocenters. The van der Waals surface area contributed by atoms with Crippen LogP contribution in [0.25, 0.3) is 11.5 Å². The van der Waals surface area contributed by atoms with Crippen molar-refractivity contribution in [2.24, 2.45) is 5.92 Å². The van der Waals surface area contributed by atoms with E-state index in [4.69, 9.17) is 4.52 Å². The van der Waals surface area contributed by atoms with E-state index in [0.717, 1.165) is 6.42 Å². The van der Waals surface area contributed by atoms with E-state index in [1.807, 2.05) is 6.07 Å². The van der Waals surface area contributed by atoms with Gasteiger partial charge in [0.15, 0.2) is 5.82 Å². The number of nitrogens with one attached hydrogen (secondary N) is 1. The summed E-state index contributed by atoms with van der Waals surface area (Å²) in [5.41, 5.74) is 0.684. The van der Waals surface area contributed by atoms with Gasteiger partial charge in [0.2, 0.25) is 0 Å². The molecule has 24 heavy (non-hydrogen) atoms. The first-order chi connectivity index (χ1) is 11.4. The van der Waals surface area contributed by atoms with Crippen molar-refractivity contribution in [3.63, 3.8) is 0 Å². The van der Waals surface area contributed by atoms with Crippen molar-refractivity contribution in [1.29, 1.82) is 0 Å². The minimum Gasteiger partial charge on any atom is -0.369 e. The molecule has 1 saturated heterocycles. The van der Waals surface area contributed by atoms with Gasteiger partial charge in [-0.1, -0.05) is 5.16 Å². The molecule has 0 bridgehead atoms. The summed E-state index contributed by atoms with van der Waals surface area (Å²) in [7, 11) is 0. The summed E-state index contributed by atoms with van der Waals surface area (Å²) >= 11 is 0. The Labute approximate surface area is 137 Å². The summed E-state index contributed by atoms with van der Waals surface area (Å²) in [6, 6.07) is 3.58. The fourth-order valence-corrected chi connectivity index (χ4v) is 2.84. The van der Waals surface area contributed by atoms with Crippen molar-refractivity contribution < 1.29 is 17.7 Å². The molecular weight excluding hydrogens is 323 g/mol. The second-order valence-electron chi connectivity index (χ2n) is 5.93. The Morgan fingerprint density at radius 2 is 2.25 bits per heavy atom. The van der Waals surface area contributed by atoms with Crippen molar-refractivity contribution >= 4 is 5.82 Å². The third kappa shape index (κ3) is 4.22. The summed E-state index contributed by atoms with van der Waals surface area (Å²) in [6.07, 6.45) is -1.78. The van der Waals surface area contributed by atoms with Gasteiger partial charge >= 0.3 is 6.18 Å². The number of halogens is 3. The highest BCUT2D eigenvalue weighted by molar-refractivity contribution is 5.68. The highest BCUT2D eigenvalue weighted by Crippen LogP contribution is 2.26. The largest absolute Gasteiger partial charge is 0.401 e. The van der Waals surface area contributed by atoms with Gasteiger partial charge in [-0.25, -0.2) is 4.98 Å². The first kappa shape index (κ1) is 16.7. The number of aryl methyl sites for hydroxylation is 1. The lowest BCUT2D eigenvalue weighted by Gasteiger charge is -2.18. The number of aromatic nitrogens is 3. The summed E-state index contributed by atoms with van der Waals surface area (Å²) in [5.74, 6) is 1.63. The van der Waals surface area contributed by atoms with Crippen molar-refractivity contribution in [3.8, 4) is 11.5 Å². The summed E-state index contributed by atoms with van der Waals surface area (Å²) in [4.78, 5) is 9.89. The van der Waals surface area contributed by atoms with E-state index in [-0.39, 0.29) is 5.92 Å². The van der Waals surface area contributed by atoms with Gasteiger partial charge in [0.05, 0.1) is 12.1 Å². The molecule has 0 aliphatic carbocycles. The molecule has 1 aliphatic rings. The van der Waals surface area contributed by atoms with Gasteiger partial charge in [-0.05, 0) is 37.9 Å². The van der Waals surface area contributed by atoms with E-state index in [0.29, 0.717) is 42.7 Å². The highest BCUT2D eigenvalue weighted by Gasteiger charge is 2.34. The number of nitrogens with zero attached hydrogens (tertiary/aromatic N) is 4. The molecule has 1 N–H and O–H groups in total. The lowest BCUT2D eigenvalue weighted by Crippen LogP contribution is -2.33. The quantitative estimate of drug-likeness (QED) is 0.902. The minimum atomic E-state index is -4.15. The van der Waals surface area contributed by atoms with Gasteiger partial charge in [-0.3, -0.25) is 4.90 Å². The number of likely N-dealkylation sites (tertiary alicyclic amines) is 1. The average Bonchev–Trinajstić information content (AvgIpc) is 3.13. The maximum Gasteiger partial charge on any atom is 0.401 e. The van der Waals surface area contributed by atoms with Gasteiger partial charge in [0, 0.05) is 19.3 Å². The van der Waals surface area contributed by atoms with Gasteiger partial charge in [0.25, 0.3) is 5.89 Å². The van der Waals surface area contributed by atoms with Crippen LogP contribution < -0.4 is 5.32 Å². The number of anilines is 1. The maximum absolute atomic E-state index is 12.4. The predicted octanol–water partition coefficient (Wildman–Crippen LogP) is 2.74. The smallest absolute Gasteiger partial charge is 0.369 e. The first-order valence-corrected chi connectivity index (χ1v) is 7.69. The van der Waals surface area contributed by atoms with Crippen LogP contribution >= 0.6 is 0 Å². The molecule has 9 heteroatoms. The molecule has 1 aliphatic heterocycles. The van der Waals surface area contributed by atoms with Crippen molar-refractivity contribution in [1.82, 2.24) is 20.0 Å². The molecule has 0 amide bonds. The molecule has 6 nitrogen and oxygen atoms in total. The standard InChI is InChI=1S/C15H18F3N5O/c1-10-21-14(24-22-10)12-3-2-5-19-13(12)20-7-11-4-6-23(8-11)9-15(16,17)18/h2-3,5,11H,4,6-9H2,1H3,(H,19,20)/t11-/m0/s1. The molecule has 1 fully saturated rings. The fraction of sp³-hybridized carbons (Fsp3) is 0.533. The van der Waals surface area contributed by atoms with Crippen LogP contribution in [0.4, 0.5) is 19.0 Å². The topological polar surface area (TPSA) is 67.1 Å². The van der Waals surface area contributed by atoms with E-state index < -0.39 is 12.7 Å². The lowest BCUT2D eigenvalue weighted by atomic mass is 10.1. The number of pyridine rings is 1. The molecule has 0 spiro atoms. The van der Waals surface area contributed by atoms with Crippen LogP contribution in [0.15, 0.2) is 22.9 Å². The third-order valence-corrected chi connectivity index (χ3v) is 3.90. The number of rotatable bonds is 5. The number of hydrogen-bond acceptors (Lipinski definition) is 6. The normalized spacial score (nSPS) is 18.9. The van der Waals surface area contributed by atoms with Crippen LogP contribution in [-0.4, -0.2) is 52.4 Å². The van der Waals surface area contributed by atoms with Crippen molar-refractivity contribution in [3.05, 3.63) is 24.2 Å². The van der Waals surface area contributed by atoms with Gasteiger partial charge in [-0.15, -0.1) is 0 Å². The van der Waals surface area contributed by atoms with Crippen molar-refractivity contribution in [2.75, 3.05) is 31.5 Å². The molecular formula is C15H18F3N5O. The molecule has 2 aromatic heterocycles. The van der Waals surface area contributed by atoms with E-state index >= 15 is 0 Å². The van der Waals surface area contributed by atoms with Gasteiger partial charge < -0.3 is 9.84 Å². The summed E-state index contributed by atoms with van der Waals surface area (Å²) < 4.78 is 42.5. The Morgan fingerprint density at radius 1 is 1.42 bits per heavy atom. The zero-order valence-corrected chi connectivity index (χ0v) is 13.2. The second-order valence-corrected chi connectivity index (χ2v) is 5.93. The van der Waals surface area contributed by atoms with E-state index in [1.165, 1.54) is 4.90 Å². The molecule has 2 aromatic rings. The number of alkyl halides is 3. The lowest BCUT2D eigenvalue weighted by molar-refractivity contribution is -0.143. The van der Waals surface area contributed by atoms with Gasteiger partial charge in [0.1, 0.15) is 5.82 Å². The van der Waals surface area contributed by atoms with Crippen LogP contribution in [0.3, 0.4) is 0 Å². The zero-order chi connectivity index (χ0) is 17.2. The van der Waals surface area contributed by atoms with E-state index in [2.05, 4.69) is 20.4 Å². The number of hydrogen-bond donors (Lipinski definition) is 1. The molecule has 130 valence electrons. The second kappa shape index (κ2) is 6.76. The maximum atomic E-state index is 12.4.